The van der Waals surface area contributed by atoms with E-state index in [2.05, 4.69) is 25.3 Å². The number of aryl methyl sites for hydroxylation is 1. The van der Waals surface area contributed by atoms with Crippen LogP contribution in [0, 0.1) is 18.8 Å². The van der Waals surface area contributed by atoms with Crippen LogP contribution < -0.4 is 10.2 Å². The number of hydrogen-bond donors (Lipinski definition) is 1. The van der Waals surface area contributed by atoms with Crippen molar-refractivity contribution in [3.8, 4) is 0 Å². The summed E-state index contributed by atoms with van der Waals surface area (Å²) in [7, 11) is 1.72. The Hall–Kier alpha value is -2.48. The number of amides is 1. The third-order valence-corrected chi connectivity index (χ3v) is 5.61. The van der Waals surface area contributed by atoms with E-state index >= 15 is 0 Å². The van der Waals surface area contributed by atoms with Crippen molar-refractivity contribution in [1.29, 1.82) is 0 Å². The molecule has 0 bridgehead atoms. The lowest BCUT2D eigenvalue weighted by atomic mass is 9.77. The number of aromatic nitrogens is 3. The molecule has 1 N–H and O–H groups in total. The Kier molecular flexibility index (Phi) is 5.07. The normalized spacial score (nSPS) is 27.4. The van der Waals surface area contributed by atoms with Gasteiger partial charge in [-0.15, -0.1) is 0 Å². The first-order valence-corrected chi connectivity index (χ1v) is 9.38. The molecular formula is C19H25N5O3. The number of carbonyl (C=O) groups is 1. The summed E-state index contributed by atoms with van der Waals surface area (Å²) in [5.74, 6) is 2.34. The fraction of sp³-hybridized carbons (Fsp3) is 0.579. The van der Waals surface area contributed by atoms with Crippen LogP contribution in [0.4, 0.5) is 5.95 Å². The van der Waals surface area contributed by atoms with Crippen LogP contribution in [0.5, 0.6) is 0 Å². The fourth-order valence-corrected chi connectivity index (χ4v) is 4.36. The summed E-state index contributed by atoms with van der Waals surface area (Å²) in [5, 5.41) is 6.97. The molecule has 8 nitrogen and oxygen atoms in total. The topological polar surface area (TPSA) is 93.4 Å². The van der Waals surface area contributed by atoms with Gasteiger partial charge in [0.25, 0.3) is 0 Å². The van der Waals surface area contributed by atoms with E-state index in [1.165, 1.54) is 0 Å². The van der Waals surface area contributed by atoms with Gasteiger partial charge in [0, 0.05) is 38.7 Å². The minimum Gasteiger partial charge on any atom is -0.379 e. The van der Waals surface area contributed by atoms with Crippen LogP contribution in [0.3, 0.4) is 0 Å². The van der Waals surface area contributed by atoms with Gasteiger partial charge >= 0.3 is 0 Å². The van der Waals surface area contributed by atoms with Gasteiger partial charge in [-0.2, -0.15) is 0 Å². The molecule has 2 fully saturated rings. The van der Waals surface area contributed by atoms with Crippen molar-refractivity contribution in [1.82, 2.24) is 20.4 Å². The summed E-state index contributed by atoms with van der Waals surface area (Å²) in [6, 6.07) is 3.62. The predicted octanol–water partition coefficient (Wildman–Crippen LogP) is 1.36. The van der Waals surface area contributed by atoms with Gasteiger partial charge in [0.05, 0.1) is 24.3 Å². The average Bonchev–Trinajstić information content (AvgIpc) is 3.27. The van der Waals surface area contributed by atoms with Gasteiger partial charge in [0.2, 0.25) is 11.9 Å². The lowest BCUT2D eigenvalue weighted by Gasteiger charge is -2.37. The second-order valence-corrected chi connectivity index (χ2v) is 7.50. The van der Waals surface area contributed by atoms with E-state index in [0.717, 1.165) is 37.6 Å². The number of hydrogen-bond acceptors (Lipinski definition) is 7. The Bertz CT molecular complexity index is 781. The minimum atomic E-state index is -0.0575. The molecule has 1 aliphatic heterocycles. The average molecular weight is 371 g/mol. The van der Waals surface area contributed by atoms with E-state index in [-0.39, 0.29) is 24.5 Å². The molecule has 0 aromatic carbocycles. The lowest BCUT2D eigenvalue weighted by Crippen LogP contribution is -2.50. The maximum atomic E-state index is 12.4. The van der Waals surface area contributed by atoms with Crippen molar-refractivity contribution in [3.63, 3.8) is 0 Å². The van der Waals surface area contributed by atoms with Crippen LogP contribution in [-0.4, -0.2) is 53.4 Å². The van der Waals surface area contributed by atoms with Gasteiger partial charge in [-0.1, -0.05) is 5.16 Å². The Morgan fingerprint density at radius 3 is 2.70 bits per heavy atom. The highest BCUT2D eigenvalue weighted by Crippen LogP contribution is 2.38. The second kappa shape index (κ2) is 7.64. The van der Waals surface area contributed by atoms with Crippen molar-refractivity contribution in [2.75, 3.05) is 25.1 Å². The Balaban J connectivity index is 1.39. The second-order valence-electron chi connectivity index (χ2n) is 7.50. The number of anilines is 1. The molecule has 1 saturated carbocycles. The molecule has 2 aromatic heterocycles. The molecule has 2 aliphatic rings. The zero-order valence-electron chi connectivity index (χ0n) is 15.7. The summed E-state index contributed by atoms with van der Waals surface area (Å²) in [5.41, 5.74) is 0.780. The van der Waals surface area contributed by atoms with Gasteiger partial charge in [0.15, 0.2) is 0 Å². The van der Waals surface area contributed by atoms with E-state index in [1.807, 2.05) is 13.0 Å². The predicted molar refractivity (Wildman–Crippen MR) is 98.1 cm³/mol. The maximum Gasteiger partial charge on any atom is 0.228 e. The highest BCUT2D eigenvalue weighted by molar-refractivity contribution is 5.78. The van der Waals surface area contributed by atoms with Crippen molar-refractivity contribution in [3.05, 3.63) is 36.0 Å². The molecule has 0 unspecified atom stereocenters. The Labute approximate surface area is 158 Å². The molecule has 4 rings (SSSR count). The molecule has 27 heavy (non-hydrogen) atoms. The smallest absolute Gasteiger partial charge is 0.228 e. The van der Waals surface area contributed by atoms with E-state index in [9.17, 15) is 4.79 Å². The van der Waals surface area contributed by atoms with Crippen molar-refractivity contribution in [2.24, 2.45) is 11.8 Å². The molecule has 144 valence electrons. The zero-order valence-corrected chi connectivity index (χ0v) is 15.7. The Morgan fingerprint density at radius 1 is 1.30 bits per heavy atom. The number of rotatable bonds is 5. The van der Waals surface area contributed by atoms with Crippen LogP contribution >= 0.6 is 0 Å². The molecule has 0 radical (unpaired) electrons. The molecular weight excluding hydrogens is 346 g/mol. The maximum absolute atomic E-state index is 12.4. The van der Waals surface area contributed by atoms with Gasteiger partial charge in [-0.05, 0) is 37.7 Å². The molecule has 3 heterocycles. The van der Waals surface area contributed by atoms with Gasteiger partial charge in [-0.25, -0.2) is 9.97 Å². The van der Waals surface area contributed by atoms with Crippen LogP contribution in [-0.2, 0) is 16.0 Å². The van der Waals surface area contributed by atoms with Gasteiger partial charge < -0.3 is 19.5 Å². The Morgan fingerprint density at radius 2 is 2.04 bits per heavy atom. The monoisotopic (exact) mass is 371 g/mol. The summed E-state index contributed by atoms with van der Waals surface area (Å²) < 4.78 is 10.9. The lowest BCUT2D eigenvalue weighted by molar-refractivity contribution is -0.123. The van der Waals surface area contributed by atoms with E-state index in [0.29, 0.717) is 17.6 Å². The SMILES string of the molecule is CO[C@H]1C[C@@H]2CN(c3ncccn3)C[C@@H]2C[C@@H]1NC(=O)Cc1cc(C)no1. The number of methoxy groups -OCH3 is 1. The molecule has 2 aromatic rings. The summed E-state index contributed by atoms with van der Waals surface area (Å²) in [6.45, 7) is 3.70. The third kappa shape index (κ3) is 3.95. The number of nitrogens with zero attached hydrogens (tertiary/aromatic N) is 4. The van der Waals surface area contributed by atoms with Gasteiger partial charge in [0.1, 0.15) is 5.76 Å². The summed E-state index contributed by atoms with van der Waals surface area (Å²) in [6.07, 6.45) is 5.59. The van der Waals surface area contributed by atoms with E-state index in [4.69, 9.17) is 9.26 Å². The summed E-state index contributed by atoms with van der Waals surface area (Å²) in [4.78, 5) is 23.4. The van der Waals surface area contributed by atoms with E-state index < -0.39 is 0 Å². The molecule has 0 spiro atoms. The van der Waals surface area contributed by atoms with Crippen LogP contribution in [0.25, 0.3) is 0 Å². The zero-order chi connectivity index (χ0) is 18.8. The third-order valence-electron chi connectivity index (χ3n) is 5.61. The van der Waals surface area contributed by atoms with Gasteiger partial charge in [-0.3, -0.25) is 4.79 Å². The molecule has 4 atom stereocenters. The highest BCUT2D eigenvalue weighted by atomic mass is 16.5. The van der Waals surface area contributed by atoms with Crippen molar-refractivity contribution < 1.29 is 14.1 Å². The minimum absolute atomic E-state index is 0.00408. The highest BCUT2D eigenvalue weighted by Gasteiger charge is 2.43. The molecule has 8 heteroatoms. The van der Waals surface area contributed by atoms with Crippen LogP contribution in [0.15, 0.2) is 29.0 Å². The van der Waals surface area contributed by atoms with Crippen LogP contribution in [0.1, 0.15) is 24.3 Å². The largest absolute Gasteiger partial charge is 0.379 e. The molecule has 1 aliphatic carbocycles. The number of nitrogens with one attached hydrogen (secondary N) is 1. The van der Waals surface area contributed by atoms with E-state index in [1.54, 1.807) is 25.6 Å². The van der Waals surface area contributed by atoms with Crippen molar-refractivity contribution in [2.45, 2.75) is 38.3 Å². The fourth-order valence-electron chi connectivity index (χ4n) is 4.36. The quantitative estimate of drug-likeness (QED) is 0.848. The number of ether oxygens (including phenoxy) is 1. The number of fused-ring (bicyclic) bond motifs is 1. The van der Waals surface area contributed by atoms with Crippen molar-refractivity contribution >= 4 is 11.9 Å². The molecule has 1 amide bonds. The molecule has 1 saturated heterocycles. The first-order valence-electron chi connectivity index (χ1n) is 9.38. The van der Waals surface area contributed by atoms with Crippen LogP contribution in [0.2, 0.25) is 0 Å². The standard InChI is InChI=1S/C19H25N5O3/c1-12-6-15(27-23-12)9-18(25)22-16-7-13-10-24(19-20-4-3-5-21-19)11-14(13)8-17(16)26-2/h3-6,13-14,16-17H,7-11H2,1-2H3,(H,22,25)/t13-,14+,16-,17-/m0/s1. The number of carbonyl (C=O) groups excluding carboxylic acids is 1. The first kappa shape index (κ1) is 17.9. The summed E-state index contributed by atoms with van der Waals surface area (Å²) >= 11 is 0. The first-order chi connectivity index (χ1) is 13.1.